The van der Waals surface area contributed by atoms with E-state index in [4.69, 9.17) is 32.7 Å². The zero-order valence-corrected chi connectivity index (χ0v) is 16.9. The molecule has 0 N–H and O–H groups in total. The zero-order valence-electron chi connectivity index (χ0n) is 15.4. The van der Waals surface area contributed by atoms with Gasteiger partial charge in [-0.1, -0.05) is 12.1 Å². The van der Waals surface area contributed by atoms with Gasteiger partial charge in [-0.3, -0.25) is 0 Å². The lowest BCUT2D eigenvalue weighted by Gasteiger charge is -2.17. The Balaban J connectivity index is 2.25. The van der Waals surface area contributed by atoms with Crippen molar-refractivity contribution in [1.82, 2.24) is 0 Å². The molecule has 2 aromatic rings. The summed E-state index contributed by atoms with van der Waals surface area (Å²) in [5.74, 6) is 2.83. The predicted octanol–water partition coefficient (Wildman–Crippen LogP) is 5.75. The summed E-state index contributed by atoms with van der Waals surface area (Å²) in [7, 11) is 0. The van der Waals surface area contributed by atoms with E-state index in [2.05, 4.69) is 39.8 Å². The van der Waals surface area contributed by atoms with Gasteiger partial charge in [0.15, 0.2) is 0 Å². The van der Waals surface area contributed by atoms with Crippen LogP contribution < -0.4 is 9.47 Å². The van der Waals surface area contributed by atoms with Gasteiger partial charge >= 0.3 is 0 Å². The Morgan fingerprint density at radius 1 is 0.640 bits per heavy atom. The van der Waals surface area contributed by atoms with Gasteiger partial charge < -0.3 is 9.47 Å². The molecule has 0 unspecified atom stereocenters. The Labute approximate surface area is 161 Å². The second kappa shape index (κ2) is 9.35. The third-order valence-corrected chi connectivity index (χ3v) is 5.06. The van der Waals surface area contributed by atoms with Crippen LogP contribution in [0.1, 0.15) is 33.4 Å². The number of hydrogen-bond donors (Lipinski definition) is 0. The Bertz CT molecular complexity index is 665. The SMILES string of the molecule is Cc1c(Cc2ccc(OCCCl)c(C)c2C)ccc(OCCCl)c1C. The minimum absolute atomic E-state index is 0.497. The summed E-state index contributed by atoms with van der Waals surface area (Å²) in [4.78, 5) is 0. The summed E-state index contributed by atoms with van der Waals surface area (Å²) in [6, 6.07) is 8.39. The number of halogens is 2. The predicted molar refractivity (Wildman–Crippen MR) is 107 cm³/mol. The molecule has 0 bridgehead atoms. The quantitative estimate of drug-likeness (QED) is 0.543. The molecule has 0 aromatic heterocycles. The van der Waals surface area contributed by atoms with E-state index in [-0.39, 0.29) is 0 Å². The molecule has 0 aliphatic heterocycles. The van der Waals surface area contributed by atoms with Gasteiger partial charge in [0.05, 0.1) is 11.8 Å². The Morgan fingerprint density at radius 3 is 1.40 bits per heavy atom. The molecule has 2 aromatic carbocycles. The van der Waals surface area contributed by atoms with Crippen molar-refractivity contribution in [3.05, 3.63) is 57.6 Å². The first-order valence-corrected chi connectivity index (χ1v) is 9.62. The van der Waals surface area contributed by atoms with Gasteiger partial charge in [0.25, 0.3) is 0 Å². The Kier molecular flexibility index (Phi) is 7.46. The van der Waals surface area contributed by atoms with Crippen molar-refractivity contribution >= 4 is 23.2 Å². The summed E-state index contributed by atoms with van der Waals surface area (Å²) in [6.45, 7) is 9.57. The molecule has 0 saturated heterocycles. The summed E-state index contributed by atoms with van der Waals surface area (Å²) < 4.78 is 11.4. The second-order valence-electron chi connectivity index (χ2n) is 6.20. The number of hydrogen-bond acceptors (Lipinski definition) is 2. The molecule has 4 heteroatoms. The van der Waals surface area contributed by atoms with Crippen LogP contribution in [0.2, 0.25) is 0 Å². The van der Waals surface area contributed by atoms with Crippen LogP contribution in [0, 0.1) is 27.7 Å². The molecule has 0 atom stereocenters. The molecule has 2 nitrogen and oxygen atoms in total. The minimum Gasteiger partial charge on any atom is -0.492 e. The fourth-order valence-electron chi connectivity index (χ4n) is 2.90. The topological polar surface area (TPSA) is 18.5 Å². The standard InChI is InChI=1S/C21H26Cl2O2/c1-14-16(3)20(24-11-9-22)7-5-18(14)13-19-6-8-21(25-12-10-23)17(4)15(19)2/h5-8H,9-13H2,1-4H3. The lowest BCUT2D eigenvalue weighted by atomic mass is 9.93. The highest BCUT2D eigenvalue weighted by atomic mass is 35.5. The molecule has 0 aliphatic carbocycles. The highest BCUT2D eigenvalue weighted by Crippen LogP contribution is 2.29. The largest absolute Gasteiger partial charge is 0.492 e. The van der Waals surface area contributed by atoms with E-state index in [1.165, 1.54) is 33.4 Å². The number of rotatable bonds is 8. The molecule has 0 aliphatic rings. The van der Waals surface area contributed by atoms with Crippen LogP contribution in [0.25, 0.3) is 0 Å². The van der Waals surface area contributed by atoms with Crippen LogP contribution in [0.5, 0.6) is 11.5 Å². The summed E-state index contributed by atoms with van der Waals surface area (Å²) in [5, 5.41) is 0. The van der Waals surface area contributed by atoms with Crippen molar-refractivity contribution in [3.8, 4) is 11.5 Å². The van der Waals surface area contributed by atoms with Crippen LogP contribution in [-0.4, -0.2) is 25.0 Å². The van der Waals surface area contributed by atoms with E-state index in [0.29, 0.717) is 25.0 Å². The van der Waals surface area contributed by atoms with Crippen molar-refractivity contribution < 1.29 is 9.47 Å². The lowest BCUT2D eigenvalue weighted by molar-refractivity contribution is 0.340. The Hall–Kier alpha value is -1.38. The minimum atomic E-state index is 0.497. The van der Waals surface area contributed by atoms with Crippen LogP contribution in [0.4, 0.5) is 0 Å². The summed E-state index contributed by atoms with van der Waals surface area (Å²) >= 11 is 11.4. The van der Waals surface area contributed by atoms with Gasteiger partial charge in [-0.25, -0.2) is 0 Å². The second-order valence-corrected chi connectivity index (χ2v) is 6.95. The monoisotopic (exact) mass is 380 g/mol. The molecule has 2 rings (SSSR count). The highest BCUT2D eigenvalue weighted by Gasteiger charge is 2.12. The third kappa shape index (κ3) is 4.83. The van der Waals surface area contributed by atoms with Crippen LogP contribution in [-0.2, 0) is 6.42 Å². The van der Waals surface area contributed by atoms with Gasteiger partial charge in [0.2, 0.25) is 0 Å². The molecule has 25 heavy (non-hydrogen) atoms. The fourth-order valence-corrected chi connectivity index (χ4v) is 3.06. The maximum Gasteiger partial charge on any atom is 0.122 e. The third-order valence-electron chi connectivity index (χ3n) is 4.75. The molecule has 0 fully saturated rings. The molecule has 0 saturated carbocycles. The molecule has 0 spiro atoms. The normalized spacial score (nSPS) is 10.8. The maximum absolute atomic E-state index is 5.72. The molecule has 0 heterocycles. The van der Waals surface area contributed by atoms with Crippen molar-refractivity contribution in [1.29, 1.82) is 0 Å². The first-order chi connectivity index (χ1) is 12.0. The van der Waals surface area contributed by atoms with Crippen molar-refractivity contribution in [3.63, 3.8) is 0 Å². The first-order valence-electron chi connectivity index (χ1n) is 8.55. The van der Waals surface area contributed by atoms with Gasteiger partial charge in [-0.2, -0.15) is 0 Å². The van der Waals surface area contributed by atoms with Gasteiger partial charge in [0, 0.05) is 0 Å². The van der Waals surface area contributed by atoms with Crippen molar-refractivity contribution in [2.24, 2.45) is 0 Å². The van der Waals surface area contributed by atoms with Gasteiger partial charge in [-0.05, 0) is 79.6 Å². The smallest absolute Gasteiger partial charge is 0.122 e. The molecule has 136 valence electrons. The summed E-state index contributed by atoms with van der Waals surface area (Å²) in [5.41, 5.74) is 7.52. The van der Waals surface area contributed by atoms with Crippen LogP contribution in [0.15, 0.2) is 24.3 Å². The van der Waals surface area contributed by atoms with Gasteiger partial charge in [-0.15, -0.1) is 23.2 Å². The highest BCUT2D eigenvalue weighted by molar-refractivity contribution is 6.18. The van der Waals surface area contributed by atoms with Crippen molar-refractivity contribution in [2.45, 2.75) is 34.1 Å². The number of benzene rings is 2. The van der Waals surface area contributed by atoms with Gasteiger partial charge in [0.1, 0.15) is 24.7 Å². The Morgan fingerprint density at radius 2 is 1.04 bits per heavy atom. The van der Waals surface area contributed by atoms with E-state index in [0.717, 1.165) is 17.9 Å². The van der Waals surface area contributed by atoms with Crippen LogP contribution in [0.3, 0.4) is 0 Å². The molecule has 0 amide bonds. The maximum atomic E-state index is 5.72. The summed E-state index contributed by atoms with van der Waals surface area (Å²) in [6.07, 6.45) is 0.894. The fraction of sp³-hybridized carbons (Fsp3) is 0.429. The first kappa shape index (κ1) is 19.9. The van der Waals surface area contributed by atoms with Crippen LogP contribution >= 0.6 is 23.2 Å². The van der Waals surface area contributed by atoms with E-state index >= 15 is 0 Å². The average molecular weight is 381 g/mol. The van der Waals surface area contributed by atoms with E-state index in [1.807, 2.05) is 12.1 Å². The zero-order chi connectivity index (χ0) is 18.4. The molecular formula is C21H26Cl2O2. The number of ether oxygens (including phenoxy) is 2. The lowest BCUT2D eigenvalue weighted by Crippen LogP contribution is -2.04. The van der Waals surface area contributed by atoms with E-state index in [9.17, 15) is 0 Å². The number of alkyl halides is 2. The van der Waals surface area contributed by atoms with E-state index < -0.39 is 0 Å². The van der Waals surface area contributed by atoms with Crippen molar-refractivity contribution in [2.75, 3.05) is 25.0 Å². The molecule has 0 radical (unpaired) electrons. The average Bonchev–Trinajstić information content (AvgIpc) is 2.61. The molecular weight excluding hydrogens is 355 g/mol. The van der Waals surface area contributed by atoms with E-state index in [1.54, 1.807) is 0 Å².